The Kier molecular flexibility index (Phi) is 5.35. The van der Waals surface area contributed by atoms with Gasteiger partial charge in [-0.3, -0.25) is 4.79 Å². The minimum atomic E-state index is -0.943. The zero-order valence-electron chi connectivity index (χ0n) is 13.5. The van der Waals surface area contributed by atoms with Gasteiger partial charge in [0.2, 0.25) is 0 Å². The molecule has 3 rings (SSSR count). The summed E-state index contributed by atoms with van der Waals surface area (Å²) >= 11 is 3.33. The fraction of sp³-hybridized carbons (Fsp3) is 0.167. The van der Waals surface area contributed by atoms with E-state index < -0.39 is 18.0 Å². The average molecular weight is 372 g/mol. The Hall–Kier alpha value is -2.38. The first-order chi connectivity index (χ1) is 12.0. The fourth-order valence-electron chi connectivity index (χ4n) is 2.08. The summed E-state index contributed by atoms with van der Waals surface area (Å²) < 4.78 is 7.16. The van der Waals surface area contributed by atoms with Gasteiger partial charge in [-0.1, -0.05) is 36.0 Å². The largest absolute Gasteiger partial charge is 0.449 e. The Morgan fingerprint density at radius 1 is 1.20 bits per heavy atom. The molecule has 0 bridgehead atoms. The van der Waals surface area contributed by atoms with Crippen molar-refractivity contribution >= 4 is 45.2 Å². The van der Waals surface area contributed by atoms with Gasteiger partial charge in [-0.05, 0) is 36.8 Å². The number of esters is 1. The number of carbonyl (C=O) groups excluding carboxylic acids is 2. The summed E-state index contributed by atoms with van der Waals surface area (Å²) in [6, 6.07) is 15.2. The average Bonchev–Trinajstić information content (AvgIpc) is 3.03. The maximum atomic E-state index is 11.9. The van der Waals surface area contributed by atoms with E-state index in [1.807, 2.05) is 30.3 Å². The summed E-state index contributed by atoms with van der Waals surface area (Å²) in [5, 5.41) is 0. The number of hydrogen-bond acceptors (Lipinski definition) is 6. The van der Waals surface area contributed by atoms with Gasteiger partial charge >= 0.3 is 5.97 Å². The number of rotatable bonds is 6. The minimum absolute atomic E-state index is 0.391. The molecule has 0 radical (unpaired) electrons. The third-order valence-corrected chi connectivity index (χ3v) is 5.76. The van der Waals surface area contributed by atoms with Gasteiger partial charge in [-0.25, -0.2) is 9.78 Å². The number of amides is 1. The van der Waals surface area contributed by atoms with Crippen LogP contribution in [-0.4, -0.2) is 23.0 Å². The SMILES string of the molecule is C[C@H](OC(=O)c1ccc(CSc2nc3ccccc3s2)cc1)C(N)=O. The molecule has 1 amide bonds. The highest BCUT2D eigenvalue weighted by Gasteiger charge is 2.16. The van der Waals surface area contributed by atoms with Crippen molar-refractivity contribution in [3.8, 4) is 0 Å². The van der Waals surface area contributed by atoms with Gasteiger partial charge in [-0.2, -0.15) is 0 Å². The van der Waals surface area contributed by atoms with Gasteiger partial charge in [0.1, 0.15) is 0 Å². The van der Waals surface area contributed by atoms with E-state index in [4.69, 9.17) is 10.5 Å². The van der Waals surface area contributed by atoms with Crippen LogP contribution in [0.4, 0.5) is 0 Å². The Bertz CT molecular complexity index is 873. The number of aromatic nitrogens is 1. The lowest BCUT2D eigenvalue weighted by Gasteiger charge is -2.09. The molecular formula is C18H16N2O3S2. The van der Waals surface area contributed by atoms with Gasteiger partial charge in [0.25, 0.3) is 5.91 Å². The summed E-state index contributed by atoms with van der Waals surface area (Å²) in [4.78, 5) is 27.4. The maximum absolute atomic E-state index is 11.9. The molecule has 0 spiro atoms. The van der Waals surface area contributed by atoms with Crippen LogP contribution in [0.1, 0.15) is 22.8 Å². The van der Waals surface area contributed by atoms with Gasteiger partial charge in [0.15, 0.2) is 10.4 Å². The van der Waals surface area contributed by atoms with E-state index in [1.165, 1.54) is 11.6 Å². The summed E-state index contributed by atoms with van der Waals surface area (Å²) in [6.45, 7) is 1.45. The molecule has 7 heteroatoms. The number of thiazole rings is 1. The van der Waals surface area contributed by atoms with Crippen molar-refractivity contribution in [2.75, 3.05) is 0 Å². The van der Waals surface area contributed by atoms with Crippen LogP contribution >= 0.6 is 23.1 Å². The third-order valence-electron chi connectivity index (χ3n) is 3.51. The van der Waals surface area contributed by atoms with E-state index in [0.717, 1.165) is 21.2 Å². The van der Waals surface area contributed by atoms with E-state index in [0.29, 0.717) is 5.56 Å². The molecule has 2 aromatic carbocycles. The van der Waals surface area contributed by atoms with Crippen molar-refractivity contribution in [2.45, 2.75) is 23.1 Å². The number of hydrogen-bond donors (Lipinski definition) is 1. The van der Waals surface area contributed by atoms with Crippen molar-refractivity contribution in [3.05, 3.63) is 59.7 Å². The quantitative estimate of drug-likeness (QED) is 0.528. The van der Waals surface area contributed by atoms with Crippen LogP contribution in [0.15, 0.2) is 52.9 Å². The second-order valence-electron chi connectivity index (χ2n) is 5.38. The summed E-state index contributed by atoms with van der Waals surface area (Å²) in [5.74, 6) is -0.471. The van der Waals surface area contributed by atoms with E-state index in [2.05, 4.69) is 11.1 Å². The van der Waals surface area contributed by atoms with E-state index in [-0.39, 0.29) is 0 Å². The van der Waals surface area contributed by atoms with Crippen molar-refractivity contribution in [3.63, 3.8) is 0 Å². The lowest BCUT2D eigenvalue weighted by Crippen LogP contribution is -2.30. The molecule has 0 aliphatic heterocycles. The molecule has 2 N–H and O–H groups in total. The zero-order chi connectivity index (χ0) is 17.8. The number of primary amides is 1. The van der Waals surface area contributed by atoms with Gasteiger partial charge in [0, 0.05) is 5.75 Å². The first-order valence-electron chi connectivity index (χ1n) is 7.60. The van der Waals surface area contributed by atoms with Crippen LogP contribution in [0.2, 0.25) is 0 Å². The normalized spacial score (nSPS) is 12.0. The van der Waals surface area contributed by atoms with Crippen molar-refractivity contribution < 1.29 is 14.3 Å². The van der Waals surface area contributed by atoms with Gasteiger partial charge in [0.05, 0.1) is 15.8 Å². The van der Waals surface area contributed by atoms with E-state index in [9.17, 15) is 9.59 Å². The highest BCUT2D eigenvalue weighted by atomic mass is 32.2. The number of carbonyl (C=O) groups is 2. The van der Waals surface area contributed by atoms with Crippen LogP contribution in [-0.2, 0) is 15.3 Å². The van der Waals surface area contributed by atoms with Crippen LogP contribution in [0.25, 0.3) is 10.2 Å². The molecule has 25 heavy (non-hydrogen) atoms. The highest BCUT2D eigenvalue weighted by Crippen LogP contribution is 2.31. The Morgan fingerprint density at radius 3 is 2.60 bits per heavy atom. The lowest BCUT2D eigenvalue weighted by molar-refractivity contribution is -0.125. The first-order valence-corrected chi connectivity index (χ1v) is 9.41. The standard InChI is InChI=1S/C18H16N2O3S2/c1-11(16(19)21)23-17(22)13-8-6-12(7-9-13)10-24-18-20-14-4-2-3-5-15(14)25-18/h2-9,11H,10H2,1H3,(H2,19,21)/t11-/m0/s1. The molecule has 0 aliphatic carbocycles. The summed E-state index contributed by atoms with van der Waals surface area (Å²) in [6.07, 6.45) is -0.943. The Morgan fingerprint density at radius 2 is 1.92 bits per heavy atom. The third kappa shape index (κ3) is 4.37. The topological polar surface area (TPSA) is 82.3 Å². The molecule has 1 heterocycles. The Labute approximate surface area is 153 Å². The number of fused-ring (bicyclic) bond motifs is 1. The van der Waals surface area contributed by atoms with Gasteiger partial charge < -0.3 is 10.5 Å². The zero-order valence-corrected chi connectivity index (χ0v) is 15.1. The molecule has 3 aromatic rings. The number of thioether (sulfide) groups is 1. The molecule has 1 aromatic heterocycles. The number of benzene rings is 2. The molecule has 5 nitrogen and oxygen atoms in total. The monoisotopic (exact) mass is 372 g/mol. The molecule has 0 saturated carbocycles. The molecule has 128 valence electrons. The minimum Gasteiger partial charge on any atom is -0.449 e. The number of nitrogens with two attached hydrogens (primary N) is 1. The number of para-hydroxylation sites is 1. The molecule has 0 fully saturated rings. The van der Waals surface area contributed by atoms with Crippen LogP contribution in [0, 0.1) is 0 Å². The number of nitrogens with zero attached hydrogens (tertiary/aromatic N) is 1. The van der Waals surface area contributed by atoms with Crippen LogP contribution in [0.3, 0.4) is 0 Å². The molecule has 1 atom stereocenters. The van der Waals surface area contributed by atoms with Crippen LogP contribution in [0.5, 0.6) is 0 Å². The fourth-order valence-corrected chi connectivity index (χ4v) is 4.11. The Balaban J connectivity index is 1.60. The van der Waals surface area contributed by atoms with E-state index in [1.54, 1.807) is 35.2 Å². The predicted octanol–water partition coefficient (Wildman–Crippen LogP) is 3.62. The lowest BCUT2D eigenvalue weighted by atomic mass is 10.1. The number of ether oxygens (including phenoxy) is 1. The smallest absolute Gasteiger partial charge is 0.338 e. The van der Waals surface area contributed by atoms with E-state index >= 15 is 0 Å². The second kappa shape index (κ2) is 7.67. The maximum Gasteiger partial charge on any atom is 0.338 e. The van der Waals surface area contributed by atoms with Crippen molar-refractivity contribution in [1.82, 2.24) is 4.98 Å². The van der Waals surface area contributed by atoms with Gasteiger partial charge in [-0.15, -0.1) is 11.3 Å². The molecule has 0 unspecified atom stereocenters. The predicted molar refractivity (Wildman–Crippen MR) is 99.7 cm³/mol. The van der Waals surface area contributed by atoms with Crippen LogP contribution < -0.4 is 5.73 Å². The molecule has 0 saturated heterocycles. The van der Waals surface area contributed by atoms with Crippen molar-refractivity contribution in [1.29, 1.82) is 0 Å². The summed E-state index contributed by atoms with van der Waals surface area (Å²) in [5.41, 5.74) is 7.56. The first kappa shape index (κ1) is 17.4. The molecule has 0 aliphatic rings. The molecular weight excluding hydrogens is 356 g/mol. The summed E-state index contributed by atoms with van der Waals surface area (Å²) in [7, 11) is 0. The second-order valence-corrected chi connectivity index (χ2v) is 7.64. The highest BCUT2D eigenvalue weighted by molar-refractivity contribution is 8.00. The van der Waals surface area contributed by atoms with Crippen molar-refractivity contribution in [2.24, 2.45) is 5.73 Å².